The van der Waals surface area contributed by atoms with Gasteiger partial charge >= 0.3 is 0 Å². The van der Waals surface area contributed by atoms with Crippen LogP contribution in [0.4, 0.5) is 5.69 Å². The summed E-state index contributed by atoms with van der Waals surface area (Å²) < 4.78 is 5.39. The maximum Gasteiger partial charge on any atom is 0.139 e. The first-order valence-corrected chi connectivity index (χ1v) is 8.40. The molecular formula is C17H25ClN2O. The first kappa shape index (κ1) is 15.0. The average Bonchev–Trinajstić information content (AvgIpc) is 2.96. The third-order valence-electron chi connectivity index (χ3n) is 5.12. The number of halogens is 1. The van der Waals surface area contributed by atoms with Crippen molar-refractivity contribution >= 4 is 17.3 Å². The predicted octanol–water partition coefficient (Wildman–Crippen LogP) is 3.85. The number of hydrogen-bond acceptors (Lipinski definition) is 3. The molecule has 1 heterocycles. The molecule has 0 aromatic heterocycles. The lowest BCUT2D eigenvalue weighted by Gasteiger charge is -2.47. The zero-order chi connectivity index (χ0) is 14.9. The zero-order valence-electron chi connectivity index (χ0n) is 13.0. The molecule has 21 heavy (non-hydrogen) atoms. The minimum absolute atomic E-state index is 0.318. The summed E-state index contributed by atoms with van der Waals surface area (Å²) in [6.45, 7) is 4.43. The highest BCUT2D eigenvalue weighted by Gasteiger charge is 2.40. The number of rotatable bonds is 3. The van der Waals surface area contributed by atoms with Gasteiger partial charge in [0, 0.05) is 36.4 Å². The molecular weight excluding hydrogens is 284 g/mol. The second kappa shape index (κ2) is 6.05. The van der Waals surface area contributed by atoms with E-state index in [0.717, 1.165) is 25.3 Å². The van der Waals surface area contributed by atoms with Gasteiger partial charge in [0.25, 0.3) is 0 Å². The molecule has 2 aliphatic rings. The maximum atomic E-state index is 6.17. The Balaban J connectivity index is 1.89. The van der Waals surface area contributed by atoms with Crippen LogP contribution >= 0.6 is 11.6 Å². The van der Waals surface area contributed by atoms with Crippen LogP contribution in [-0.2, 0) is 0 Å². The summed E-state index contributed by atoms with van der Waals surface area (Å²) in [4.78, 5) is 2.56. The fourth-order valence-electron chi connectivity index (χ4n) is 3.84. The molecule has 1 atom stereocenters. The minimum atomic E-state index is 0.318. The summed E-state index contributed by atoms with van der Waals surface area (Å²) in [5.74, 6) is 0.767. The van der Waals surface area contributed by atoms with Gasteiger partial charge in [0.2, 0.25) is 0 Å². The average molecular weight is 309 g/mol. The van der Waals surface area contributed by atoms with E-state index < -0.39 is 0 Å². The smallest absolute Gasteiger partial charge is 0.139 e. The molecule has 1 unspecified atom stereocenters. The topological polar surface area (TPSA) is 24.5 Å². The summed E-state index contributed by atoms with van der Waals surface area (Å²) in [6, 6.07) is 6.70. The van der Waals surface area contributed by atoms with Crippen LogP contribution in [0.25, 0.3) is 0 Å². The quantitative estimate of drug-likeness (QED) is 0.918. The lowest BCUT2D eigenvalue weighted by atomic mass is 9.91. The van der Waals surface area contributed by atoms with E-state index in [2.05, 4.69) is 29.3 Å². The molecule has 3 rings (SSSR count). The Bertz CT molecular complexity index is 500. The molecule has 1 aromatic carbocycles. The van der Waals surface area contributed by atoms with E-state index in [4.69, 9.17) is 16.3 Å². The van der Waals surface area contributed by atoms with Gasteiger partial charge in [-0.2, -0.15) is 0 Å². The van der Waals surface area contributed by atoms with E-state index >= 15 is 0 Å². The molecule has 3 nitrogen and oxygen atoms in total. The Morgan fingerprint density at radius 2 is 2.14 bits per heavy atom. The molecule has 116 valence electrons. The van der Waals surface area contributed by atoms with Crippen molar-refractivity contribution in [1.29, 1.82) is 0 Å². The lowest BCUT2D eigenvalue weighted by molar-refractivity contribution is 0.267. The lowest BCUT2D eigenvalue weighted by Crippen LogP contribution is -2.63. The number of benzene rings is 1. The summed E-state index contributed by atoms with van der Waals surface area (Å²) in [5.41, 5.74) is 1.55. The van der Waals surface area contributed by atoms with Crippen LogP contribution in [0.1, 0.15) is 39.0 Å². The van der Waals surface area contributed by atoms with Gasteiger partial charge in [-0.1, -0.05) is 31.4 Å². The van der Waals surface area contributed by atoms with Gasteiger partial charge in [0.05, 0.1) is 12.1 Å². The van der Waals surface area contributed by atoms with E-state index in [-0.39, 0.29) is 0 Å². The molecule has 1 spiro atoms. The van der Waals surface area contributed by atoms with Crippen molar-refractivity contribution in [3.05, 3.63) is 23.2 Å². The highest BCUT2D eigenvalue weighted by molar-refractivity contribution is 6.32. The number of hydrogen-bond donors (Lipinski definition) is 1. The van der Waals surface area contributed by atoms with Crippen molar-refractivity contribution in [2.24, 2.45) is 0 Å². The van der Waals surface area contributed by atoms with Gasteiger partial charge in [-0.15, -0.1) is 0 Å². The van der Waals surface area contributed by atoms with Gasteiger partial charge in [-0.05, 0) is 31.4 Å². The Labute approximate surface area is 132 Å². The molecule has 1 aromatic rings. The van der Waals surface area contributed by atoms with Crippen molar-refractivity contribution < 1.29 is 4.74 Å². The molecule has 0 bridgehead atoms. The first-order valence-electron chi connectivity index (χ1n) is 8.03. The zero-order valence-corrected chi connectivity index (χ0v) is 13.7. The molecule has 0 radical (unpaired) electrons. The Morgan fingerprint density at radius 3 is 2.81 bits per heavy atom. The van der Waals surface area contributed by atoms with Crippen molar-refractivity contribution in [3.63, 3.8) is 0 Å². The molecule has 1 saturated carbocycles. The summed E-state index contributed by atoms with van der Waals surface area (Å²) in [6.07, 6.45) is 6.44. The summed E-state index contributed by atoms with van der Waals surface area (Å²) in [5, 5.41) is 4.52. The highest BCUT2D eigenvalue weighted by Crippen LogP contribution is 2.37. The van der Waals surface area contributed by atoms with Crippen LogP contribution in [0.5, 0.6) is 5.75 Å². The maximum absolute atomic E-state index is 6.17. The fourth-order valence-corrected chi connectivity index (χ4v) is 4.03. The normalized spacial score (nSPS) is 24.5. The van der Waals surface area contributed by atoms with Crippen molar-refractivity contribution in [3.8, 4) is 5.75 Å². The number of anilines is 1. The van der Waals surface area contributed by atoms with Crippen LogP contribution < -0.4 is 15.0 Å². The van der Waals surface area contributed by atoms with Gasteiger partial charge in [-0.25, -0.2) is 0 Å². The Hall–Kier alpha value is -0.930. The van der Waals surface area contributed by atoms with E-state index in [9.17, 15) is 0 Å². The third kappa shape index (κ3) is 2.86. The SMILES string of the molecule is CCC1CNC2(CCCC2)CN1c1ccc(Cl)c(OC)c1. The molecule has 4 heteroatoms. The van der Waals surface area contributed by atoms with Crippen LogP contribution in [0.2, 0.25) is 5.02 Å². The Kier molecular flexibility index (Phi) is 4.32. The number of nitrogens with one attached hydrogen (secondary N) is 1. The molecule has 1 N–H and O–H groups in total. The van der Waals surface area contributed by atoms with Crippen LogP contribution in [0, 0.1) is 0 Å². The number of ether oxygens (including phenoxy) is 1. The molecule has 0 amide bonds. The first-order chi connectivity index (χ1) is 10.2. The highest BCUT2D eigenvalue weighted by atomic mass is 35.5. The van der Waals surface area contributed by atoms with Crippen LogP contribution in [-0.4, -0.2) is 31.8 Å². The van der Waals surface area contributed by atoms with E-state index in [1.54, 1.807) is 7.11 Å². The number of piperazine rings is 1. The Morgan fingerprint density at radius 1 is 1.38 bits per heavy atom. The number of nitrogens with zero attached hydrogens (tertiary/aromatic N) is 1. The van der Waals surface area contributed by atoms with E-state index in [0.29, 0.717) is 16.6 Å². The third-order valence-corrected chi connectivity index (χ3v) is 5.44. The standard InChI is InChI=1S/C17H25ClN2O/c1-3-13-11-19-17(8-4-5-9-17)12-20(13)14-6-7-15(18)16(10-14)21-2/h6-7,10,13,19H,3-5,8-9,11-12H2,1-2H3. The molecule has 1 aliphatic heterocycles. The van der Waals surface area contributed by atoms with Gasteiger partial charge in [0.1, 0.15) is 5.75 Å². The molecule has 1 aliphatic carbocycles. The minimum Gasteiger partial charge on any atom is -0.495 e. The molecule has 1 saturated heterocycles. The largest absolute Gasteiger partial charge is 0.495 e. The second-order valence-corrected chi connectivity index (χ2v) is 6.78. The van der Waals surface area contributed by atoms with E-state index in [1.807, 2.05) is 6.07 Å². The summed E-state index contributed by atoms with van der Waals surface area (Å²) >= 11 is 6.17. The van der Waals surface area contributed by atoms with Crippen molar-refractivity contribution in [2.45, 2.75) is 50.6 Å². The monoisotopic (exact) mass is 308 g/mol. The second-order valence-electron chi connectivity index (χ2n) is 6.38. The summed E-state index contributed by atoms with van der Waals surface area (Å²) in [7, 11) is 1.68. The van der Waals surface area contributed by atoms with Crippen LogP contribution in [0.3, 0.4) is 0 Å². The van der Waals surface area contributed by atoms with E-state index in [1.165, 1.54) is 31.4 Å². The van der Waals surface area contributed by atoms with Gasteiger partial charge < -0.3 is 15.0 Å². The molecule has 2 fully saturated rings. The number of methoxy groups -OCH3 is 1. The van der Waals surface area contributed by atoms with Crippen molar-refractivity contribution in [1.82, 2.24) is 5.32 Å². The van der Waals surface area contributed by atoms with Gasteiger partial charge in [-0.3, -0.25) is 0 Å². The fraction of sp³-hybridized carbons (Fsp3) is 0.647. The predicted molar refractivity (Wildman–Crippen MR) is 88.6 cm³/mol. The van der Waals surface area contributed by atoms with Gasteiger partial charge in [0.15, 0.2) is 0 Å². The van der Waals surface area contributed by atoms with Crippen molar-refractivity contribution in [2.75, 3.05) is 25.1 Å². The van der Waals surface area contributed by atoms with Crippen LogP contribution in [0.15, 0.2) is 18.2 Å².